The Balaban J connectivity index is 1.32. The summed E-state index contributed by atoms with van der Waals surface area (Å²) >= 11 is 0. The minimum absolute atomic E-state index is 0.0528. The molecule has 3 heterocycles. The van der Waals surface area contributed by atoms with Crippen LogP contribution in [0, 0.1) is 0 Å². The second-order valence-corrected chi connectivity index (χ2v) is 11.3. The summed E-state index contributed by atoms with van der Waals surface area (Å²) in [6, 6.07) is 8.34. The van der Waals surface area contributed by atoms with Crippen LogP contribution in [-0.4, -0.2) is 90.7 Å². The van der Waals surface area contributed by atoms with Crippen LogP contribution < -0.4 is 0 Å². The van der Waals surface area contributed by atoms with Gasteiger partial charge in [0.15, 0.2) is 0 Å². The number of H-pyrrole nitrogens is 1. The molecule has 1 aromatic heterocycles. The number of aromatic nitrogens is 1. The van der Waals surface area contributed by atoms with E-state index in [1.165, 1.54) is 4.90 Å². The monoisotopic (exact) mass is 610 g/mol. The van der Waals surface area contributed by atoms with E-state index in [-0.39, 0.29) is 12.6 Å². The van der Waals surface area contributed by atoms with E-state index in [1.54, 1.807) is 0 Å². The SMILES string of the molecule is O=C(c1cc(C(F)(F)F)cc(C(F)(F)F)c1)N1CCN(CCCCCN2CCOCC2)C[C@H]1Cc1c[nH]c2ccccc12. The van der Waals surface area contributed by atoms with Gasteiger partial charge in [-0.2, -0.15) is 26.3 Å². The molecule has 2 saturated heterocycles. The zero-order chi connectivity index (χ0) is 30.6. The first-order valence-corrected chi connectivity index (χ1v) is 14.7. The van der Waals surface area contributed by atoms with E-state index in [1.807, 2.05) is 30.5 Å². The molecule has 3 aromatic rings. The minimum atomic E-state index is -5.03. The van der Waals surface area contributed by atoms with Gasteiger partial charge in [0.1, 0.15) is 0 Å². The second-order valence-electron chi connectivity index (χ2n) is 11.3. The third-order valence-electron chi connectivity index (χ3n) is 8.35. The highest BCUT2D eigenvalue weighted by atomic mass is 19.4. The number of morpholine rings is 1. The summed E-state index contributed by atoms with van der Waals surface area (Å²) in [5.74, 6) is -0.827. The van der Waals surface area contributed by atoms with Gasteiger partial charge in [-0.15, -0.1) is 0 Å². The highest BCUT2D eigenvalue weighted by Crippen LogP contribution is 2.37. The van der Waals surface area contributed by atoms with Gasteiger partial charge in [-0.25, -0.2) is 0 Å². The highest BCUT2D eigenvalue weighted by Gasteiger charge is 2.39. The maximum Gasteiger partial charge on any atom is 0.416 e. The third kappa shape index (κ3) is 7.90. The van der Waals surface area contributed by atoms with Crippen molar-refractivity contribution in [1.82, 2.24) is 19.7 Å². The molecular weight excluding hydrogens is 574 g/mol. The molecule has 0 saturated carbocycles. The number of hydrogen-bond acceptors (Lipinski definition) is 4. The molecule has 234 valence electrons. The Hall–Kier alpha value is -3.09. The minimum Gasteiger partial charge on any atom is -0.379 e. The van der Waals surface area contributed by atoms with E-state index in [2.05, 4.69) is 14.8 Å². The predicted octanol–water partition coefficient (Wildman–Crippen LogP) is 6.08. The summed E-state index contributed by atoms with van der Waals surface area (Å²) in [7, 11) is 0. The quantitative estimate of drug-likeness (QED) is 0.236. The number of fused-ring (bicyclic) bond motifs is 1. The molecule has 1 atom stereocenters. The van der Waals surface area contributed by atoms with Crippen molar-refractivity contribution >= 4 is 16.8 Å². The third-order valence-corrected chi connectivity index (χ3v) is 8.35. The summed E-state index contributed by atoms with van der Waals surface area (Å²) < 4.78 is 86.6. The number of piperazine rings is 1. The van der Waals surface area contributed by atoms with Gasteiger partial charge in [-0.3, -0.25) is 14.6 Å². The summed E-state index contributed by atoms with van der Waals surface area (Å²) in [6.07, 6.45) is -4.73. The predicted molar refractivity (Wildman–Crippen MR) is 151 cm³/mol. The van der Waals surface area contributed by atoms with E-state index >= 15 is 0 Å². The molecule has 1 amide bonds. The summed E-state index contributed by atoms with van der Waals surface area (Å²) in [5, 5.41) is 0.966. The van der Waals surface area contributed by atoms with Crippen molar-refractivity contribution in [2.24, 2.45) is 0 Å². The van der Waals surface area contributed by atoms with Crippen LogP contribution in [0.1, 0.15) is 46.3 Å². The van der Waals surface area contributed by atoms with Crippen LogP contribution in [0.3, 0.4) is 0 Å². The molecule has 2 aliphatic rings. The first kappa shape index (κ1) is 31.3. The highest BCUT2D eigenvalue weighted by molar-refractivity contribution is 5.95. The molecule has 0 spiro atoms. The summed E-state index contributed by atoms with van der Waals surface area (Å²) in [6.45, 7) is 6.41. The molecule has 0 unspecified atom stereocenters. The number of rotatable bonds is 9. The van der Waals surface area contributed by atoms with E-state index in [0.29, 0.717) is 31.6 Å². The Morgan fingerprint density at radius 1 is 0.837 bits per heavy atom. The Labute approximate surface area is 246 Å². The average molecular weight is 611 g/mol. The molecule has 0 aliphatic carbocycles. The van der Waals surface area contributed by atoms with Crippen molar-refractivity contribution in [2.75, 3.05) is 59.0 Å². The number of amides is 1. The van der Waals surface area contributed by atoms with Crippen LogP contribution in [0.25, 0.3) is 10.9 Å². The van der Waals surface area contributed by atoms with Gasteiger partial charge in [-0.05, 0) is 62.2 Å². The topological polar surface area (TPSA) is 51.8 Å². The van der Waals surface area contributed by atoms with Crippen molar-refractivity contribution in [2.45, 2.75) is 44.1 Å². The van der Waals surface area contributed by atoms with Gasteiger partial charge in [0.25, 0.3) is 5.91 Å². The number of aromatic amines is 1. The number of para-hydroxylation sites is 1. The molecular formula is C31H36F6N4O2. The lowest BCUT2D eigenvalue weighted by Crippen LogP contribution is -2.56. The fourth-order valence-electron chi connectivity index (χ4n) is 6.04. The zero-order valence-electron chi connectivity index (χ0n) is 23.8. The number of nitrogens with one attached hydrogen (secondary N) is 1. The number of ether oxygens (including phenoxy) is 1. The van der Waals surface area contributed by atoms with Crippen LogP contribution >= 0.6 is 0 Å². The van der Waals surface area contributed by atoms with Gasteiger partial charge in [0, 0.05) is 61.4 Å². The van der Waals surface area contributed by atoms with Gasteiger partial charge < -0.3 is 14.6 Å². The lowest BCUT2D eigenvalue weighted by molar-refractivity contribution is -0.143. The summed E-state index contributed by atoms with van der Waals surface area (Å²) in [4.78, 5) is 23.0. The molecule has 0 bridgehead atoms. The number of nitrogens with zero attached hydrogens (tertiary/aromatic N) is 3. The van der Waals surface area contributed by atoms with Crippen LogP contribution in [0.2, 0.25) is 0 Å². The van der Waals surface area contributed by atoms with Crippen LogP contribution in [0.5, 0.6) is 0 Å². The van der Waals surface area contributed by atoms with E-state index in [9.17, 15) is 31.1 Å². The molecule has 2 aromatic carbocycles. The molecule has 0 radical (unpaired) electrons. The first-order chi connectivity index (χ1) is 20.5. The molecule has 1 N–H and O–H groups in total. The smallest absolute Gasteiger partial charge is 0.379 e. The van der Waals surface area contributed by atoms with Crippen molar-refractivity contribution < 1.29 is 35.9 Å². The van der Waals surface area contributed by atoms with E-state index in [0.717, 1.165) is 75.1 Å². The average Bonchev–Trinajstić information content (AvgIpc) is 3.39. The molecule has 5 rings (SSSR count). The lowest BCUT2D eigenvalue weighted by atomic mass is 9.98. The maximum absolute atomic E-state index is 13.7. The molecule has 43 heavy (non-hydrogen) atoms. The normalized spacial score (nSPS) is 19.3. The standard InChI is InChI=1S/C31H36F6N4O2/c32-30(33,34)24-16-22(17-25(19-24)31(35,36)37)29(42)41-11-10-40(9-5-1-4-8-39-12-14-43-15-13-39)21-26(41)18-23-20-38-28-7-3-2-6-27(23)28/h2-3,6-7,16-17,19-20,26,38H,1,4-5,8-15,18,21H2/t26-/m1/s1. The van der Waals surface area contributed by atoms with Crippen molar-refractivity contribution in [1.29, 1.82) is 0 Å². The Morgan fingerprint density at radius 2 is 1.49 bits per heavy atom. The van der Waals surface area contributed by atoms with Gasteiger partial charge in [-0.1, -0.05) is 24.6 Å². The number of hydrogen-bond donors (Lipinski definition) is 1. The number of alkyl halides is 6. The van der Waals surface area contributed by atoms with Crippen LogP contribution in [-0.2, 0) is 23.5 Å². The number of carbonyl (C=O) groups is 1. The first-order valence-electron chi connectivity index (χ1n) is 14.7. The Bertz CT molecular complexity index is 1350. The summed E-state index contributed by atoms with van der Waals surface area (Å²) in [5.41, 5.74) is -1.74. The zero-order valence-corrected chi connectivity index (χ0v) is 23.8. The molecule has 2 fully saturated rings. The molecule has 12 heteroatoms. The maximum atomic E-state index is 13.7. The number of halogens is 6. The van der Waals surface area contributed by atoms with Crippen molar-refractivity contribution in [3.8, 4) is 0 Å². The van der Waals surface area contributed by atoms with Crippen molar-refractivity contribution in [3.05, 3.63) is 70.9 Å². The van der Waals surface area contributed by atoms with Crippen molar-refractivity contribution in [3.63, 3.8) is 0 Å². The Kier molecular flexibility index (Phi) is 9.67. The largest absolute Gasteiger partial charge is 0.416 e. The molecule has 6 nitrogen and oxygen atoms in total. The van der Waals surface area contributed by atoms with E-state index in [4.69, 9.17) is 4.74 Å². The molecule has 2 aliphatic heterocycles. The van der Waals surface area contributed by atoms with Crippen LogP contribution in [0.15, 0.2) is 48.7 Å². The number of benzene rings is 2. The number of carbonyl (C=O) groups excluding carboxylic acids is 1. The fourth-order valence-corrected chi connectivity index (χ4v) is 6.04. The number of unbranched alkanes of at least 4 members (excludes halogenated alkanes) is 2. The lowest BCUT2D eigenvalue weighted by Gasteiger charge is -2.42. The fraction of sp³-hybridized carbons (Fsp3) is 0.516. The van der Waals surface area contributed by atoms with Gasteiger partial charge >= 0.3 is 12.4 Å². The van der Waals surface area contributed by atoms with Crippen LogP contribution in [0.4, 0.5) is 26.3 Å². The van der Waals surface area contributed by atoms with Gasteiger partial charge in [0.2, 0.25) is 0 Å². The second kappa shape index (κ2) is 13.3. The van der Waals surface area contributed by atoms with E-state index < -0.39 is 41.0 Å². The van der Waals surface area contributed by atoms with Gasteiger partial charge in [0.05, 0.1) is 24.3 Å². The Morgan fingerprint density at radius 3 is 2.16 bits per heavy atom.